The van der Waals surface area contributed by atoms with Gasteiger partial charge < -0.3 is 0 Å². The Morgan fingerprint density at radius 1 is 0.350 bits per heavy atom. The van der Waals surface area contributed by atoms with E-state index in [0.717, 1.165) is 11.4 Å². The Morgan fingerprint density at radius 3 is 0.925 bits per heavy atom. The molecular formula is C37H53N3. The first-order chi connectivity index (χ1) is 18.4. The molecule has 0 aliphatic carbocycles. The van der Waals surface area contributed by atoms with E-state index >= 15 is 0 Å². The van der Waals surface area contributed by atoms with Gasteiger partial charge in [0.1, 0.15) is 0 Å². The Morgan fingerprint density at radius 2 is 0.700 bits per heavy atom. The molecule has 0 spiro atoms. The van der Waals surface area contributed by atoms with Crippen LogP contribution in [0, 0.1) is 0 Å². The predicted octanol–water partition coefficient (Wildman–Crippen LogP) is 10.1. The minimum atomic E-state index is 0.182. The number of benzene rings is 1. The minimum absolute atomic E-state index is 0.182. The Bertz CT molecular complexity index is 977. The molecular weight excluding hydrogens is 486 g/mol. The molecule has 3 nitrogen and oxygen atoms in total. The first kappa shape index (κ1) is 34.7. The predicted molar refractivity (Wildman–Crippen MR) is 174 cm³/mol. The highest BCUT2D eigenvalue weighted by atomic mass is 14.7. The third-order valence-electron chi connectivity index (χ3n) is 6.05. The average molecular weight is 540 g/mol. The molecule has 0 aliphatic rings. The van der Waals surface area contributed by atoms with Crippen molar-refractivity contribution < 1.29 is 0 Å². The summed E-state index contributed by atoms with van der Waals surface area (Å²) in [5.41, 5.74) is 5.94. The van der Waals surface area contributed by atoms with Gasteiger partial charge >= 0.3 is 0 Å². The molecule has 0 fully saturated rings. The Labute approximate surface area is 245 Å². The molecule has 4 aromatic rings. The maximum absolute atomic E-state index is 4.25. The summed E-state index contributed by atoms with van der Waals surface area (Å²) < 4.78 is 0. The molecule has 0 N–H and O–H groups in total. The Kier molecular flexibility index (Phi) is 13.4. The molecule has 0 radical (unpaired) electrons. The molecule has 3 aromatic heterocycles. The van der Waals surface area contributed by atoms with Crippen molar-refractivity contribution in [2.45, 2.75) is 105 Å². The molecule has 3 heterocycles. The molecule has 0 atom stereocenters. The molecule has 0 aliphatic heterocycles. The topological polar surface area (TPSA) is 38.7 Å². The minimum Gasteiger partial charge on any atom is -0.265 e. The van der Waals surface area contributed by atoms with E-state index in [-0.39, 0.29) is 16.2 Å². The largest absolute Gasteiger partial charge is 0.265 e. The zero-order valence-electron chi connectivity index (χ0n) is 27.2. The number of nitrogens with zero attached hydrogens (tertiary/aromatic N) is 3. The second-order valence-corrected chi connectivity index (χ2v) is 14.0. The lowest BCUT2D eigenvalue weighted by atomic mass is 9.87. The normalized spacial score (nSPS) is 11.5. The van der Waals surface area contributed by atoms with Crippen molar-refractivity contribution in [2.24, 2.45) is 0 Å². The van der Waals surface area contributed by atoms with Gasteiger partial charge in [-0.25, -0.2) is 0 Å². The highest BCUT2D eigenvalue weighted by Crippen LogP contribution is 2.22. The Balaban J connectivity index is 0.000000267. The second-order valence-electron chi connectivity index (χ2n) is 14.0. The standard InChI is InChI=1S/C10H14.3C9H13N/c1-10(2,3)9-7-5-4-6-8-9;1-9(2,3)8-4-6-10-7-5-8;2*1-9(2,3)8-6-4-5-7-10-8/h4-8H,1-3H3;3*4-7H,1-3H3. The summed E-state index contributed by atoms with van der Waals surface area (Å²) in [7, 11) is 0. The summed E-state index contributed by atoms with van der Waals surface area (Å²) in [6, 6.07) is 26.7. The fraction of sp³-hybridized carbons (Fsp3) is 0.432. The zero-order chi connectivity index (χ0) is 30.5. The van der Waals surface area contributed by atoms with E-state index in [4.69, 9.17) is 0 Å². The quantitative estimate of drug-likeness (QED) is 0.223. The van der Waals surface area contributed by atoms with Crippen LogP contribution in [0.3, 0.4) is 0 Å². The number of aromatic nitrogens is 3. The fourth-order valence-electron chi connectivity index (χ4n) is 3.40. The summed E-state index contributed by atoms with van der Waals surface area (Å²) in [6.07, 6.45) is 7.34. The van der Waals surface area contributed by atoms with E-state index in [1.54, 1.807) is 0 Å². The molecule has 0 amide bonds. The van der Waals surface area contributed by atoms with Crippen molar-refractivity contribution in [1.29, 1.82) is 0 Å². The van der Waals surface area contributed by atoms with Gasteiger partial charge in [0.05, 0.1) is 0 Å². The molecule has 0 saturated carbocycles. The first-order valence-corrected chi connectivity index (χ1v) is 14.2. The van der Waals surface area contributed by atoms with Crippen LogP contribution in [0.15, 0.2) is 104 Å². The monoisotopic (exact) mass is 539 g/mol. The molecule has 0 unspecified atom stereocenters. The van der Waals surface area contributed by atoms with Crippen LogP contribution in [0.4, 0.5) is 0 Å². The van der Waals surface area contributed by atoms with Crippen LogP contribution in [0.1, 0.15) is 106 Å². The second kappa shape index (κ2) is 15.5. The summed E-state index contributed by atoms with van der Waals surface area (Å²) in [5.74, 6) is 0. The molecule has 216 valence electrons. The van der Waals surface area contributed by atoms with Gasteiger partial charge in [0, 0.05) is 47.0 Å². The zero-order valence-corrected chi connectivity index (χ0v) is 27.2. The van der Waals surface area contributed by atoms with Crippen LogP contribution in [0.2, 0.25) is 0 Å². The maximum Gasteiger partial charge on any atom is 0.0457 e. The summed E-state index contributed by atoms with van der Waals surface area (Å²) in [4.78, 5) is 12.5. The van der Waals surface area contributed by atoms with E-state index in [9.17, 15) is 0 Å². The smallest absolute Gasteiger partial charge is 0.0457 e. The molecule has 40 heavy (non-hydrogen) atoms. The van der Waals surface area contributed by atoms with Crippen LogP contribution >= 0.6 is 0 Å². The summed E-state index contributed by atoms with van der Waals surface area (Å²) in [5, 5.41) is 0. The molecule has 3 heteroatoms. The fourth-order valence-corrected chi connectivity index (χ4v) is 3.40. The lowest BCUT2D eigenvalue weighted by molar-refractivity contribution is 0.569. The van der Waals surface area contributed by atoms with Crippen LogP contribution in [0.5, 0.6) is 0 Å². The number of hydrogen-bond acceptors (Lipinski definition) is 3. The number of rotatable bonds is 0. The third kappa shape index (κ3) is 14.2. The van der Waals surface area contributed by atoms with Gasteiger partial charge in [-0.2, -0.15) is 0 Å². The van der Waals surface area contributed by atoms with E-state index in [1.807, 2.05) is 49.1 Å². The van der Waals surface area contributed by atoms with Gasteiger partial charge in [-0.1, -0.05) is 126 Å². The van der Waals surface area contributed by atoms with E-state index in [0.29, 0.717) is 5.41 Å². The SMILES string of the molecule is CC(C)(C)c1ccccc1.CC(C)(C)c1ccccn1.CC(C)(C)c1ccccn1.CC(C)(C)c1ccncc1. The maximum atomic E-state index is 4.25. The van der Waals surface area contributed by atoms with E-state index in [2.05, 4.69) is 153 Å². The van der Waals surface area contributed by atoms with Gasteiger partial charge in [-0.3, -0.25) is 15.0 Å². The van der Waals surface area contributed by atoms with Crippen molar-refractivity contribution >= 4 is 0 Å². The van der Waals surface area contributed by atoms with Crippen LogP contribution < -0.4 is 0 Å². The van der Waals surface area contributed by atoms with Gasteiger partial charge in [0.15, 0.2) is 0 Å². The first-order valence-electron chi connectivity index (χ1n) is 14.2. The van der Waals surface area contributed by atoms with Gasteiger partial charge in [-0.05, 0) is 58.4 Å². The van der Waals surface area contributed by atoms with Crippen molar-refractivity contribution in [3.63, 3.8) is 0 Å². The molecule has 1 aromatic carbocycles. The van der Waals surface area contributed by atoms with Crippen LogP contribution in [-0.2, 0) is 21.7 Å². The van der Waals surface area contributed by atoms with Gasteiger partial charge in [-0.15, -0.1) is 0 Å². The molecule has 0 bridgehead atoms. The lowest BCUT2D eigenvalue weighted by Gasteiger charge is -2.18. The van der Waals surface area contributed by atoms with Crippen LogP contribution in [-0.4, -0.2) is 15.0 Å². The highest BCUT2D eigenvalue weighted by Gasteiger charge is 2.14. The van der Waals surface area contributed by atoms with E-state index < -0.39 is 0 Å². The Hall–Kier alpha value is -3.33. The van der Waals surface area contributed by atoms with Crippen molar-refractivity contribution in [2.75, 3.05) is 0 Å². The van der Waals surface area contributed by atoms with Crippen molar-refractivity contribution in [3.8, 4) is 0 Å². The average Bonchev–Trinajstić information content (AvgIpc) is 2.90. The van der Waals surface area contributed by atoms with Crippen molar-refractivity contribution in [3.05, 3.63) is 126 Å². The number of pyridine rings is 3. The summed E-state index contributed by atoms with van der Waals surface area (Å²) in [6.45, 7) is 26.2. The molecule has 0 saturated heterocycles. The summed E-state index contributed by atoms with van der Waals surface area (Å²) >= 11 is 0. The lowest BCUT2D eigenvalue weighted by Crippen LogP contribution is -2.12. The van der Waals surface area contributed by atoms with Crippen LogP contribution in [0.25, 0.3) is 0 Å². The molecule has 4 rings (SSSR count). The van der Waals surface area contributed by atoms with Gasteiger partial charge in [0.25, 0.3) is 0 Å². The van der Waals surface area contributed by atoms with E-state index in [1.165, 1.54) is 11.1 Å². The number of hydrogen-bond donors (Lipinski definition) is 0. The highest BCUT2D eigenvalue weighted by molar-refractivity contribution is 5.22. The van der Waals surface area contributed by atoms with Gasteiger partial charge in [0.2, 0.25) is 0 Å². The van der Waals surface area contributed by atoms with Crippen molar-refractivity contribution in [1.82, 2.24) is 15.0 Å². The third-order valence-corrected chi connectivity index (χ3v) is 6.05.